The Morgan fingerprint density at radius 3 is 2.41 bits per heavy atom. The zero-order chi connectivity index (χ0) is 37.6. The molecule has 1 atom stereocenters. The van der Waals surface area contributed by atoms with Crippen LogP contribution in [0.4, 0.5) is 5.69 Å². The molecule has 0 unspecified atom stereocenters. The van der Waals surface area contributed by atoms with Gasteiger partial charge in [0, 0.05) is 65.0 Å². The number of ether oxygens (including phenoxy) is 6. The van der Waals surface area contributed by atoms with Crippen LogP contribution in [0.15, 0.2) is 59.4 Å². The summed E-state index contributed by atoms with van der Waals surface area (Å²) in [4.78, 5) is 52.2. The van der Waals surface area contributed by atoms with Crippen molar-refractivity contribution in [1.82, 2.24) is 19.4 Å². The molecule has 0 radical (unpaired) electrons. The first-order chi connectivity index (χ1) is 26.4. The van der Waals surface area contributed by atoms with Crippen LogP contribution in [0.3, 0.4) is 0 Å². The molecule has 7 rings (SSSR count). The first-order valence-corrected chi connectivity index (χ1v) is 18.4. The van der Waals surface area contributed by atoms with E-state index in [1.807, 2.05) is 36.4 Å². The first-order valence-electron chi connectivity index (χ1n) is 18.4. The van der Waals surface area contributed by atoms with E-state index in [0.29, 0.717) is 104 Å². The summed E-state index contributed by atoms with van der Waals surface area (Å²) in [5.74, 6) is 1.45. The highest BCUT2D eigenvalue weighted by Crippen LogP contribution is 2.29. The fourth-order valence-corrected chi connectivity index (χ4v) is 7.28. The molecule has 286 valence electrons. The van der Waals surface area contributed by atoms with E-state index in [1.54, 1.807) is 44.1 Å². The van der Waals surface area contributed by atoms with E-state index in [9.17, 15) is 14.4 Å². The number of nitrogens with zero attached hydrogens (tertiary/aromatic N) is 5. The van der Waals surface area contributed by atoms with Gasteiger partial charge in [-0.2, -0.15) is 0 Å². The molecule has 0 saturated carbocycles. The van der Waals surface area contributed by atoms with E-state index >= 15 is 0 Å². The lowest BCUT2D eigenvalue weighted by molar-refractivity contribution is -0.0100. The average Bonchev–Trinajstić information content (AvgIpc) is 3.44. The number of aryl methyl sites for hydroxylation is 1. The second kappa shape index (κ2) is 17.0. The molecule has 3 aliphatic heterocycles. The monoisotopic (exact) mass is 741 g/mol. The Balaban J connectivity index is 1.12. The molecule has 14 nitrogen and oxygen atoms in total. The fraction of sp³-hybridized carbons (Fsp3) is 0.450. The minimum atomic E-state index is -0.395. The summed E-state index contributed by atoms with van der Waals surface area (Å²) in [6.45, 7) is 7.09. The topological polar surface area (TPSA) is 134 Å². The molecular formula is C40H47N5O9. The van der Waals surface area contributed by atoms with E-state index < -0.39 is 5.91 Å². The lowest BCUT2D eigenvalue weighted by atomic mass is 10.1. The quantitative estimate of drug-likeness (QED) is 0.166. The van der Waals surface area contributed by atoms with Crippen molar-refractivity contribution in [1.29, 1.82) is 0 Å². The molecule has 0 spiro atoms. The molecule has 0 N–H and O–H groups in total. The van der Waals surface area contributed by atoms with Crippen LogP contribution in [0.1, 0.15) is 32.1 Å². The van der Waals surface area contributed by atoms with E-state index in [0.717, 1.165) is 30.9 Å². The predicted molar refractivity (Wildman–Crippen MR) is 201 cm³/mol. The Labute approximate surface area is 314 Å². The van der Waals surface area contributed by atoms with E-state index in [2.05, 4.69) is 9.80 Å². The van der Waals surface area contributed by atoms with E-state index in [4.69, 9.17) is 33.4 Å². The summed E-state index contributed by atoms with van der Waals surface area (Å²) in [6, 6.07) is 16.4. The number of hydrogen-bond acceptors (Lipinski definition) is 12. The molecule has 2 saturated heterocycles. The molecule has 3 aliphatic rings. The van der Waals surface area contributed by atoms with Crippen LogP contribution in [0, 0.1) is 0 Å². The minimum absolute atomic E-state index is 0.0513. The van der Waals surface area contributed by atoms with Gasteiger partial charge in [0.1, 0.15) is 18.2 Å². The molecular weight excluding hydrogens is 694 g/mol. The Hall–Kier alpha value is -5.02. The SMILES string of the molecule is COC[C@H]1CN(c2ccc3c(=O)n(CCc4ccc(OC)c(OC)c4)c(CCN4C(=O)c5ccc(OCCN6CCOCC6)cc5C4=O)nc3c2)CCO1. The van der Waals surface area contributed by atoms with E-state index in [1.165, 1.54) is 4.90 Å². The molecule has 4 heterocycles. The average molecular weight is 742 g/mol. The van der Waals surface area contributed by atoms with Crippen LogP contribution in [0.25, 0.3) is 10.9 Å². The van der Waals surface area contributed by atoms with Crippen LogP contribution < -0.4 is 24.7 Å². The largest absolute Gasteiger partial charge is 0.493 e. The Morgan fingerprint density at radius 2 is 1.61 bits per heavy atom. The number of aromatic nitrogens is 2. The number of imide groups is 1. The van der Waals surface area contributed by atoms with Crippen molar-refractivity contribution >= 4 is 28.4 Å². The van der Waals surface area contributed by atoms with Crippen LogP contribution in [-0.4, -0.2) is 131 Å². The number of carbonyl (C=O) groups excluding carboxylic acids is 2. The number of methoxy groups -OCH3 is 3. The van der Waals surface area contributed by atoms with Crippen LogP contribution in [-0.2, 0) is 33.6 Å². The Bertz CT molecular complexity index is 2040. The van der Waals surface area contributed by atoms with Crippen molar-refractivity contribution in [3.8, 4) is 17.2 Å². The van der Waals surface area contributed by atoms with Crippen molar-refractivity contribution in [3.63, 3.8) is 0 Å². The lowest BCUT2D eigenvalue weighted by Crippen LogP contribution is -2.44. The first kappa shape index (κ1) is 37.3. The Kier molecular flexibility index (Phi) is 11.7. The molecule has 14 heteroatoms. The van der Waals surface area contributed by atoms with Gasteiger partial charge in [-0.25, -0.2) is 4.98 Å². The second-order valence-corrected chi connectivity index (χ2v) is 13.5. The molecule has 4 aromatic rings. The third kappa shape index (κ3) is 8.06. The number of amides is 2. The molecule has 0 aliphatic carbocycles. The number of benzene rings is 3. The van der Waals surface area contributed by atoms with Crippen molar-refractivity contribution in [2.45, 2.75) is 25.5 Å². The van der Waals surface area contributed by atoms with Gasteiger partial charge < -0.3 is 33.3 Å². The summed E-state index contributed by atoms with van der Waals surface area (Å²) >= 11 is 0. The van der Waals surface area contributed by atoms with Crippen LogP contribution >= 0.6 is 0 Å². The summed E-state index contributed by atoms with van der Waals surface area (Å²) in [5, 5.41) is 0.485. The number of morpholine rings is 2. The predicted octanol–water partition coefficient (Wildman–Crippen LogP) is 3.06. The molecule has 0 bridgehead atoms. The van der Waals surface area contributed by atoms with Gasteiger partial charge in [-0.1, -0.05) is 6.07 Å². The van der Waals surface area contributed by atoms with E-state index in [-0.39, 0.29) is 30.5 Å². The highest BCUT2D eigenvalue weighted by Gasteiger charge is 2.36. The van der Waals surface area contributed by atoms with Gasteiger partial charge in [-0.3, -0.25) is 28.8 Å². The van der Waals surface area contributed by atoms with Crippen molar-refractivity contribution in [2.75, 3.05) is 98.5 Å². The maximum absolute atomic E-state index is 14.2. The molecule has 2 fully saturated rings. The molecule has 1 aromatic heterocycles. The standard InChI is InChI=1S/C40H47N5O9/c1-49-26-30-25-43(17-21-54-30)28-5-7-32-34(23-28)41-37(44(39(32)47)12-10-27-4-9-35(50-2)36(22-27)51-3)11-13-45-38(46)31-8-6-29(24-33(31)40(45)48)53-20-16-42-14-18-52-19-15-42/h4-9,22-24,30H,10-21,25-26H2,1-3H3/t30-/m1/s1. The number of rotatable bonds is 15. The van der Waals surface area contributed by atoms with Gasteiger partial charge in [0.05, 0.1) is 68.8 Å². The number of hydrogen-bond donors (Lipinski definition) is 0. The minimum Gasteiger partial charge on any atom is -0.493 e. The zero-order valence-corrected chi connectivity index (χ0v) is 31.1. The van der Waals surface area contributed by atoms with Gasteiger partial charge in [0.25, 0.3) is 17.4 Å². The van der Waals surface area contributed by atoms with Gasteiger partial charge in [0.15, 0.2) is 11.5 Å². The summed E-state index contributed by atoms with van der Waals surface area (Å²) < 4.78 is 35.1. The van der Waals surface area contributed by atoms with Crippen molar-refractivity contribution < 1.29 is 38.0 Å². The Morgan fingerprint density at radius 1 is 0.796 bits per heavy atom. The summed E-state index contributed by atoms with van der Waals surface area (Å²) in [7, 11) is 4.82. The fourth-order valence-electron chi connectivity index (χ4n) is 7.28. The van der Waals surface area contributed by atoms with Crippen LogP contribution in [0.2, 0.25) is 0 Å². The second-order valence-electron chi connectivity index (χ2n) is 13.5. The highest BCUT2D eigenvalue weighted by molar-refractivity contribution is 6.21. The van der Waals surface area contributed by atoms with Gasteiger partial charge >= 0.3 is 0 Å². The zero-order valence-electron chi connectivity index (χ0n) is 31.1. The number of anilines is 1. The lowest BCUT2D eigenvalue weighted by Gasteiger charge is -2.34. The number of carbonyl (C=O) groups is 2. The van der Waals surface area contributed by atoms with Gasteiger partial charge in [-0.05, 0) is 60.5 Å². The normalized spacial score (nSPS) is 17.6. The summed E-state index contributed by atoms with van der Waals surface area (Å²) in [5.41, 5.74) is 2.87. The maximum atomic E-state index is 14.2. The summed E-state index contributed by atoms with van der Waals surface area (Å²) in [6.07, 6.45) is 0.627. The van der Waals surface area contributed by atoms with Gasteiger partial charge in [-0.15, -0.1) is 0 Å². The van der Waals surface area contributed by atoms with Gasteiger partial charge in [0.2, 0.25) is 0 Å². The molecule has 3 aromatic carbocycles. The molecule has 54 heavy (non-hydrogen) atoms. The smallest absolute Gasteiger partial charge is 0.261 e. The number of fused-ring (bicyclic) bond motifs is 2. The van der Waals surface area contributed by atoms with Crippen molar-refractivity contribution in [3.05, 3.63) is 87.5 Å². The van der Waals surface area contributed by atoms with Crippen LogP contribution in [0.5, 0.6) is 17.2 Å². The molecule has 2 amide bonds. The third-order valence-electron chi connectivity index (χ3n) is 10.2. The van der Waals surface area contributed by atoms with Crippen molar-refractivity contribution in [2.24, 2.45) is 0 Å². The highest BCUT2D eigenvalue weighted by atomic mass is 16.5. The maximum Gasteiger partial charge on any atom is 0.261 e. The third-order valence-corrected chi connectivity index (χ3v) is 10.2.